The first-order valence-electron chi connectivity index (χ1n) is 9.32. The van der Waals surface area contributed by atoms with Gasteiger partial charge in [0, 0.05) is 18.3 Å². The zero-order chi connectivity index (χ0) is 17.8. The third kappa shape index (κ3) is 4.18. The van der Waals surface area contributed by atoms with E-state index in [2.05, 4.69) is 27.3 Å². The predicted octanol–water partition coefficient (Wildman–Crippen LogP) is 3.22. The van der Waals surface area contributed by atoms with Crippen molar-refractivity contribution in [3.8, 4) is 0 Å². The van der Waals surface area contributed by atoms with Crippen LogP contribution in [0.25, 0.3) is 11.1 Å². The van der Waals surface area contributed by atoms with Crippen molar-refractivity contribution < 1.29 is 9.32 Å². The second-order valence-corrected chi connectivity index (χ2v) is 7.10. The van der Waals surface area contributed by atoms with Gasteiger partial charge in [0.05, 0.1) is 16.6 Å². The quantitative estimate of drug-likeness (QED) is 0.815. The molecule has 3 heterocycles. The Morgan fingerprint density at radius 1 is 1.36 bits per heavy atom. The maximum absolute atomic E-state index is 12.6. The summed E-state index contributed by atoms with van der Waals surface area (Å²) in [5, 5.41) is 7.67. The van der Waals surface area contributed by atoms with Crippen LogP contribution in [0.4, 0.5) is 0 Å². The Morgan fingerprint density at radius 2 is 2.20 bits per heavy atom. The van der Waals surface area contributed by atoms with Gasteiger partial charge in [0.15, 0.2) is 0 Å². The first-order valence-corrected chi connectivity index (χ1v) is 9.32. The number of aryl methyl sites for hydroxylation is 2. The molecule has 1 saturated heterocycles. The van der Waals surface area contributed by atoms with E-state index in [1.165, 1.54) is 25.8 Å². The van der Waals surface area contributed by atoms with Crippen molar-refractivity contribution in [3.63, 3.8) is 0 Å². The van der Waals surface area contributed by atoms with Gasteiger partial charge in [-0.3, -0.25) is 4.79 Å². The molecule has 0 aromatic carbocycles. The number of nitrogens with one attached hydrogen (secondary N) is 1. The molecule has 0 aliphatic carbocycles. The lowest BCUT2D eigenvalue weighted by molar-refractivity contribution is 0.0953. The summed E-state index contributed by atoms with van der Waals surface area (Å²) < 4.78 is 5.19. The SMILES string of the molecule is Cc1cc(C(=O)NCCCCN2CCCCC2C)c2c(C)noc2n1. The fourth-order valence-electron chi connectivity index (χ4n) is 3.62. The van der Waals surface area contributed by atoms with Crippen LogP contribution in [-0.2, 0) is 0 Å². The number of nitrogens with zero attached hydrogens (tertiary/aromatic N) is 3. The van der Waals surface area contributed by atoms with Gasteiger partial charge >= 0.3 is 0 Å². The summed E-state index contributed by atoms with van der Waals surface area (Å²) in [6, 6.07) is 2.50. The number of piperidine rings is 1. The standard InChI is InChI=1S/C19H28N4O2/c1-13-12-16(17-15(3)22-25-19(17)21-13)18(24)20-9-5-7-11-23-10-6-4-8-14(23)2/h12,14H,4-11H2,1-3H3,(H,20,24). The van der Waals surface area contributed by atoms with Crippen LogP contribution >= 0.6 is 0 Å². The molecule has 1 N–H and O–H groups in total. The summed E-state index contributed by atoms with van der Waals surface area (Å²) >= 11 is 0. The van der Waals surface area contributed by atoms with Crippen molar-refractivity contribution in [1.29, 1.82) is 0 Å². The van der Waals surface area contributed by atoms with Crippen molar-refractivity contribution >= 4 is 17.0 Å². The largest absolute Gasteiger partial charge is 0.352 e. The minimum atomic E-state index is -0.0758. The summed E-state index contributed by atoms with van der Waals surface area (Å²) in [5.74, 6) is -0.0758. The molecule has 0 bridgehead atoms. The van der Waals surface area contributed by atoms with Crippen LogP contribution in [0.1, 0.15) is 60.8 Å². The van der Waals surface area contributed by atoms with Gasteiger partial charge in [-0.25, -0.2) is 4.98 Å². The highest BCUT2D eigenvalue weighted by molar-refractivity contribution is 6.05. The van der Waals surface area contributed by atoms with Gasteiger partial charge < -0.3 is 14.7 Å². The molecule has 1 unspecified atom stereocenters. The molecule has 1 atom stereocenters. The third-order valence-corrected chi connectivity index (χ3v) is 5.09. The molecule has 1 amide bonds. The van der Waals surface area contributed by atoms with Gasteiger partial charge in [0.1, 0.15) is 0 Å². The van der Waals surface area contributed by atoms with Gasteiger partial charge in [0.25, 0.3) is 11.6 Å². The highest BCUT2D eigenvalue weighted by Gasteiger charge is 2.18. The van der Waals surface area contributed by atoms with E-state index in [0.717, 1.165) is 25.1 Å². The summed E-state index contributed by atoms with van der Waals surface area (Å²) in [7, 11) is 0. The Labute approximate surface area is 149 Å². The Kier molecular flexibility index (Phi) is 5.68. The number of aromatic nitrogens is 2. The van der Waals surface area contributed by atoms with Crippen LogP contribution in [0.15, 0.2) is 10.6 Å². The number of fused-ring (bicyclic) bond motifs is 1. The third-order valence-electron chi connectivity index (χ3n) is 5.09. The Hall–Kier alpha value is -1.95. The van der Waals surface area contributed by atoms with Gasteiger partial charge in [-0.1, -0.05) is 11.6 Å². The minimum Gasteiger partial charge on any atom is -0.352 e. The van der Waals surface area contributed by atoms with Crippen LogP contribution in [0.5, 0.6) is 0 Å². The molecule has 136 valence electrons. The zero-order valence-corrected chi connectivity index (χ0v) is 15.5. The van der Waals surface area contributed by atoms with E-state index in [1.807, 2.05) is 13.8 Å². The number of hydrogen-bond acceptors (Lipinski definition) is 5. The molecule has 3 rings (SSSR count). The lowest BCUT2D eigenvalue weighted by Crippen LogP contribution is -2.38. The predicted molar refractivity (Wildman–Crippen MR) is 97.7 cm³/mol. The van der Waals surface area contributed by atoms with Crippen molar-refractivity contribution in [1.82, 2.24) is 20.4 Å². The maximum Gasteiger partial charge on any atom is 0.258 e. The molecule has 1 fully saturated rings. The molecule has 25 heavy (non-hydrogen) atoms. The zero-order valence-electron chi connectivity index (χ0n) is 15.5. The molecular formula is C19H28N4O2. The van der Waals surface area contributed by atoms with Crippen molar-refractivity contribution in [2.24, 2.45) is 0 Å². The van der Waals surface area contributed by atoms with E-state index >= 15 is 0 Å². The Balaban J connectivity index is 1.51. The summed E-state index contributed by atoms with van der Waals surface area (Å²) in [5.41, 5.74) is 2.49. The van der Waals surface area contributed by atoms with E-state index in [0.29, 0.717) is 34.9 Å². The molecule has 0 saturated carbocycles. The molecule has 1 aliphatic heterocycles. The number of amides is 1. The average molecular weight is 344 g/mol. The number of carbonyl (C=O) groups excluding carboxylic acids is 1. The lowest BCUT2D eigenvalue weighted by Gasteiger charge is -2.33. The minimum absolute atomic E-state index is 0.0758. The number of pyridine rings is 1. The van der Waals surface area contributed by atoms with Crippen LogP contribution in [0.2, 0.25) is 0 Å². The van der Waals surface area contributed by atoms with E-state index in [-0.39, 0.29) is 5.91 Å². The summed E-state index contributed by atoms with van der Waals surface area (Å²) in [4.78, 5) is 19.4. The highest BCUT2D eigenvalue weighted by atomic mass is 16.5. The van der Waals surface area contributed by atoms with Gasteiger partial charge in [-0.05, 0) is 65.6 Å². The average Bonchev–Trinajstić information content (AvgIpc) is 2.96. The van der Waals surface area contributed by atoms with Crippen molar-refractivity contribution in [2.45, 2.75) is 58.9 Å². The fraction of sp³-hybridized carbons (Fsp3) is 0.632. The van der Waals surface area contributed by atoms with Crippen LogP contribution in [-0.4, -0.2) is 46.6 Å². The number of carbonyl (C=O) groups is 1. The van der Waals surface area contributed by atoms with Crippen LogP contribution in [0.3, 0.4) is 0 Å². The molecule has 2 aromatic heterocycles. The molecule has 0 radical (unpaired) electrons. The number of likely N-dealkylation sites (tertiary alicyclic amines) is 1. The first-order chi connectivity index (χ1) is 12.1. The van der Waals surface area contributed by atoms with Crippen molar-refractivity contribution in [3.05, 3.63) is 23.0 Å². The topological polar surface area (TPSA) is 71.3 Å². The molecule has 0 spiro atoms. The number of unbranched alkanes of at least 4 members (excludes halogenated alkanes) is 1. The molecule has 2 aromatic rings. The number of hydrogen-bond donors (Lipinski definition) is 1. The fourth-order valence-corrected chi connectivity index (χ4v) is 3.62. The summed E-state index contributed by atoms with van der Waals surface area (Å²) in [6.45, 7) is 9.04. The lowest BCUT2D eigenvalue weighted by atomic mass is 10.0. The highest BCUT2D eigenvalue weighted by Crippen LogP contribution is 2.22. The second-order valence-electron chi connectivity index (χ2n) is 7.10. The Morgan fingerprint density at radius 3 is 3.00 bits per heavy atom. The van der Waals surface area contributed by atoms with E-state index < -0.39 is 0 Å². The first kappa shape index (κ1) is 17.9. The molecule has 6 heteroatoms. The smallest absolute Gasteiger partial charge is 0.258 e. The van der Waals surface area contributed by atoms with Gasteiger partial charge in [0.2, 0.25) is 0 Å². The maximum atomic E-state index is 12.6. The van der Waals surface area contributed by atoms with Crippen LogP contribution in [0, 0.1) is 13.8 Å². The molecule has 1 aliphatic rings. The van der Waals surface area contributed by atoms with Crippen LogP contribution < -0.4 is 5.32 Å². The van der Waals surface area contributed by atoms with E-state index in [4.69, 9.17) is 4.52 Å². The van der Waals surface area contributed by atoms with Gasteiger partial charge in [-0.2, -0.15) is 0 Å². The molecule has 6 nitrogen and oxygen atoms in total. The van der Waals surface area contributed by atoms with E-state index in [9.17, 15) is 4.79 Å². The monoisotopic (exact) mass is 344 g/mol. The molecular weight excluding hydrogens is 316 g/mol. The van der Waals surface area contributed by atoms with E-state index in [1.54, 1.807) is 6.07 Å². The summed E-state index contributed by atoms with van der Waals surface area (Å²) in [6.07, 6.45) is 6.09. The second kappa shape index (κ2) is 7.95. The van der Waals surface area contributed by atoms with Gasteiger partial charge in [-0.15, -0.1) is 0 Å². The number of rotatable bonds is 6. The Bertz CT molecular complexity index is 740. The van der Waals surface area contributed by atoms with Crippen molar-refractivity contribution in [2.75, 3.05) is 19.6 Å². The normalized spacial score (nSPS) is 18.6.